The number of aryl methyl sites for hydroxylation is 1. The van der Waals surface area contributed by atoms with Crippen molar-refractivity contribution in [2.75, 3.05) is 0 Å². The van der Waals surface area contributed by atoms with Gasteiger partial charge < -0.3 is 4.74 Å². The van der Waals surface area contributed by atoms with E-state index in [0.29, 0.717) is 0 Å². The number of benzene rings is 1. The molecule has 0 N–H and O–H groups in total. The lowest BCUT2D eigenvalue weighted by molar-refractivity contribution is 0.480. The minimum absolute atomic E-state index is 0.901. The standard InChI is InChI=1S/C12H16O/c1-3-5-11-6-8-12(9-7-11)13-10-4-2/h4,6-10H,3,5H2,1-2H3. The van der Waals surface area contributed by atoms with E-state index in [1.54, 1.807) is 6.26 Å². The minimum atomic E-state index is 0.901. The van der Waals surface area contributed by atoms with E-state index in [0.717, 1.165) is 12.2 Å². The second-order valence-corrected chi connectivity index (χ2v) is 2.98. The highest BCUT2D eigenvalue weighted by Crippen LogP contribution is 2.13. The molecule has 0 radical (unpaired) electrons. The van der Waals surface area contributed by atoms with Crippen molar-refractivity contribution in [3.63, 3.8) is 0 Å². The van der Waals surface area contributed by atoms with E-state index in [9.17, 15) is 0 Å². The van der Waals surface area contributed by atoms with Crippen LogP contribution < -0.4 is 4.74 Å². The van der Waals surface area contributed by atoms with Gasteiger partial charge >= 0.3 is 0 Å². The van der Waals surface area contributed by atoms with Crippen LogP contribution in [0.1, 0.15) is 25.8 Å². The second-order valence-electron chi connectivity index (χ2n) is 2.98. The largest absolute Gasteiger partial charge is 0.465 e. The Bertz CT molecular complexity index is 259. The van der Waals surface area contributed by atoms with Gasteiger partial charge in [-0.05, 0) is 31.0 Å². The van der Waals surface area contributed by atoms with Gasteiger partial charge in [0, 0.05) is 0 Å². The third-order valence-corrected chi connectivity index (χ3v) is 1.80. The van der Waals surface area contributed by atoms with E-state index in [-0.39, 0.29) is 0 Å². The summed E-state index contributed by atoms with van der Waals surface area (Å²) in [6.07, 6.45) is 5.90. The van der Waals surface area contributed by atoms with E-state index >= 15 is 0 Å². The molecule has 1 aromatic rings. The number of hydrogen-bond acceptors (Lipinski definition) is 1. The number of allylic oxidation sites excluding steroid dienone is 1. The van der Waals surface area contributed by atoms with Crippen LogP contribution in [-0.2, 0) is 6.42 Å². The first-order valence-corrected chi connectivity index (χ1v) is 4.73. The molecule has 0 heterocycles. The monoisotopic (exact) mass is 176 g/mol. The van der Waals surface area contributed by atoms with Crippen molar-refractivity contribution in [2.24, 2.45) is 0 Å². The Balaban J connectivity index is 2.58. The van der Waals surface area contributed by atoms with Crippen LogP contribution >= 0.6 is 0 Å². The molecule has 70 valence electrons. The Morgan fingerprint density at radius 3 is 2.46 bits per heavy atom. The fourth-order valence-corrected chi connectivity index (χ4v) is 1.17. The lowest BCUT2D eigenvalue weighted by atomic mass is 10.1. The molecule has 13 heavy (non-hydrogen) atoms. The van der Waals surface area contributed by atoms with Crippen LogP contribution in [0.3, 0.4) is 0 Å². The zero-order valence-corrected chi connectivity index (χ0v) is 8.29. The lowest BCUT2D eigenvalue weighted by Gasteiger charge is -2.01. The van der Waals surface area contributed by atoms with E-state index in [2.05, 4.69) is 19.1 Å². The molecule has 0 saturated carbocycles. The van der Waals surface area contributed by atoms with Crippen LogP contribution in [0.5, 0.6) is 5.75 Å². The molecule has 0 saturated heterocycles. The topological polar surface area (TPSA) is 9.23 Å². The third kappa shape index (κ3) is 3.32. The summed E-state index contributed by atoms with van der Waals surface area (Å²) in [5.74, 6) is 0.901. The molecule has 0 aliphatic rings. The predicted molar refractivity (Wildman–Crippen MR) is 55.9 cm³/mol. The molecule has 0 spiro atoms. The van der Waals surface area contributed by atoms with Crippen molar-refractivity contribution in [1.82, 2.24) is 0 Å². The Morgan fingerprint density at radius 2 is 1.92 bits per heavy atom. The van der Waals surface area contributed by atoms with Crippen LogP contribution in [0.25, 0.3) is 0 Å². The highest BCUT2D eigenvalue weighted by molar-refractivity contribution is 5.27. The van der Waals surface area contributed by atoms with Gasteiger partial charge in [-0.15, -0.1) is 0 Å². The van der Waals surface area contributed by atoms with Crippen LogP contribution in [0.4, 0.5) is 0 Å². The van der Waals surface area contributed by atoms with Crippen LogP contribution in [0.15, 0.2) is 36.6 Å². The van der Waals surface area contributed by atoms with Gasteiger partial charge in [0.25, 0.3) is 0 Å². The summed E-state index contributed by atoms with van der Waals surface area (Å²) in [5, 5.41) is 0. The van der Waals surface area contributed by atoms with Gasteiger partial charge in [-0.2, -0.15) is 0 Å². The average molecular weight is 176 g/mol. The highest BCUT2D eigenvalue weighted by atomic mass is 16.5. The van der Waals surface area contributed by atoms with Crippen molar-refractivity contribution in [2.45, 2.75) is 26.7 Å². The number of hydrogen-bond donors (Lipinski definition) is 0. The lowest BCUT2D eigenvalue weighted by Crippen LogP contribution is -1.84. The zero-order chi connectivity index (χ0) is 9.52. The second kappa shape index (κ2) is 5.41. The number of rotatable bonds is 4. The molecule has 0 aliphatic carbocycles. The molecule has 0 bridgehead atoms. The summed E-state index contributed by atoms with van der Waals surface area (Å²) in [6.45, 7) is 4.12. The molecular weight excluding hydrogens is 160 g/mol. The maximum absolute atomic E-state index is 5.31. The molecule has 0 unspecified atom stereocenters. The van der Waals surface area contributed by atoms with Crippen LogP contribution in [0, 0.1) is 0 Å². The van der Waals surface area contributed by atoms with E-state index < -0.39 is 0 Å². The maximum atomic E-state index is 5.31. The molecule has 0 aromatic heterocycles. The Hall–Kier alpha value is -1.24. The fraction of sp³-hybridized carbons (Fsp3) is 0.333. The SMILES string of the molecule is CC=COc1ccc(CCC)cc1. The summed E-state index contributed by atoms with van der Waals surface area (Å²) in [5.41, 5.74) is 1.37. The summed E-state index contributed by atoms with van der Waals surface area (Å²) in [6, 6.07) is 8.24. The molecule has 0 atom stereocenters. The Morgan fingerprint density at radius 1 is 1.23 bits per heavy atom. The summed E-state index contributed by atoms with van der Waals surface area (Å²) < 4.78 is 5.31. The van der Waals surface area contributed by atoms with E-state index in [4.69, 9.17) is 4.74 Å². The van der Waals surface area contributed by atoms with Gasteiger partial charge in [0.1, 0.15) is 5.75 Å². The van der Waals surface area contributed by atoms with Crippen molar-refractivity contribution in [1.29, 1.82) is 0 Å². The molecular formula is C12H16O. The zero-order valence-electron chi connectivity index (χ0n) is 8.29. The minimum Gasteiger partial charge on any atom is -0.465 e. The molecule has 1 nitrogen and oxygen atoms in total. The summed E-state index contributed by atoms with van der Waals surface area (Å²) >= 11 is 0. The molecule has 1 rings (SSSR count). The first kappa shape index (κ1) is 9.85. The molecule has 0 fully saturated rings. The molecule has 1 aromatic carbocycles. The Kier molecular flexibility index (Phi) is 4.10. The summed E-state index contributed by atoms with van der Waals surface area (Å²) in [4.78, 5) is 0. The van der Waals surface area contributed by atoms with Gasteiger partial charge in [-0.25, -0.2) is 0 Å². The maximum Gasteiger partial charge on any atom is 0.126 e. The summed E-state index contributed by atoms with van der Waals surface area (Å²) in [7, 11) is 0. The van der Waals surface area contributed by atoms with Crippen molar-refractivity contribution in [3.8, 4) is 5.75 Å². The quantitative estimate of drug-likeness (QED) is 0.637. The van der Waals surface area contributed by atoms with Gasteiger partial charge in [-0.1, -0.05) is 31.6 Å². The third-order valence-electron chi connectivity index (χ3n) is 1.80. The van der Waals surface area contributed by atoms with Gasteiger partial charge in [-0.3, -0.25) is 0 Å². The highest BCUT2D eigenvalue weighted by Gasteiger charge is 1.92. The van der Waals surface area contributed by atoms with E-state index in [1.165, 1.54) is 12.0 Å². The fourth-order valence-electron chi connectivity index (χ4n) is 1.17. The van der Waals surface area contributed by atoms with Gasteiger partial charge in [0.05, 0.1) is 6.26 Å². The van der Waals surface area contributed by atoms with Crippen molar-refractivity contribution >= 4 is 0 Å². The Labute approximate surface area is 80.0 Å². The number of ether oxygens (including phenoxy) is 1. The average Bonchev–Trinajstić information content (AvgIpc) is 2.17. The molecule has 1 heteroatoms. The predicted octanol–water partition coefficient (Wildman–Crippen LogP) is 3.55. The smallest absolute Gasteiger partial charge is 0.126 e. The van der Waals surface area contributed by atoms with Crippen molar-refractivity contribution < 1.29 is 4.74 Å². The van der Waals surface area contributed by atoms with Gasteiger partial charge in [0.15, 0.2) is 0 Å². The first-order chi connectivity index (χ1) is 6.36. The normalized spacial score (nSPS) is 10.6. The van der Waals surface area contributed by atoms with Crippen molar-refractivity contribution in [3.05, 3.63) is 42.2 Å². The first-order valence-electron chi connectivity index (χ1n) is 4.73. The van der Waals surface area contributed by atoms with Crippen LogP contribution in [-0.4, -0.2) is 0 Å². The van der Waals surface area contributed by atoms with Crippen LogP contribution in [0.2, 0.25) is 0 Å². The van der Waals surface area contributed by atoms with Gasteiger partial charge in [0.2, 0.25) is 0 Å². The molecule has 0 amide bonds. The molecule has 0 aliphatic heterocycles. The van der Waals surface area contributed by atoms with E-state index in [1.807, 2.05) is 25.1 Å².